The molecule has 1 atom stereocenters. The van der Waals surface area contributed by atoms with E-state index < -0.39 is 5.54 Å². The maximum absolute atomic E-state index is 13.2. The van der Waals surface area contributed by atoms with Gasteiger partial charge in [-0.2, -0.15) is 0 Å². The molecule has 6 nitrogen and oxygen atoms in total. The van der Waals surface area contributed by atoms with Crippen molar-refractivity contribution in [1.82, 2.24) is 20.0 Å². The van der Waals surface area contributed by atoms with Crippen molar-refractivity contribution in [1.29, 1.82) is 0 Å². The summed E-state index contributed by atoms with van der Waals surface area (Å²) in [5, 5.41) is 2.90. The molecule has 32 heavy (non-hydrogen) atoms. The number of hydrogen-bond donors (Lipinski definition) is 1. The van der Waals surface area contributed by atoms with Gasteiger partial charge in [-0.15, -0.1) is 0 Å². The quantitative estimate of drug-likeness (QED) is 0.788. The van der Waals surface area contributed by atoms with E-state index in [2.05, 4.69) is 63.6 Å². The Kier molecular flexibility index (Phi) is 5.98. The van der Waals surface area contributed by atoms with Crippen LogP contribution in [-0.4, -0.2) is 70.8 Å². The molecule has 2 amide bonds. The molecule has 0 bridgehead atoms. The molecule has 6 heteroatoms. The van der Waals surface area contributed by atoms with E-state index in [1.807, 2.05) is 17.0 Å². The van der Waals surface area contributed by atoms with Crippen molar-refractivity contribution in [3.63, 3.8) is 0 Å². The minimum Gasteiger partial charge on any atom is -0.345 e. The molecule has 0 saturated carbocycles. The fourth-order valence-corrected chi connectivity index (χ4v) is 5.71. The third-order valence-electron chi connectivity index (χ3n) is 7.35. The smallest absolute Gasteiger partial charge is 0.246 e. The Morgan fingerprint density at radius 1 is 0.812 bits per heavy atom. The second kappa shape index (κ2) is 9.04. The highest BCUT2D eigenvalue weighted by Gasteiger charge is 2.53. The lowest BCUT2D eigenvalue weighted by Crippen LogP contribution is -2.72. The molecule has 1 N–H and O–H groups in total. The summed E-state index contributed by atoms with van der Waals surface area (Å²) in [7, 11) is 0. The molecule has 3 fully saturated rings. The van der Waals surface area contributed by atoms with Crippen LogP contribution in [0.3, 0.4) is 0 Å². The third kappa shape index (κ3) is 4.17. The topological polar surface area (TPSA) is 55.9 Å². The lowest BCUT2D eigenvalue weighted by molar-refractivity contribution is -0.161. The van der Waals surface area contributed by atoms with E-state index in [-0.39, 0.29) is 24.4 Å². The first-order chi connectivity index (χ1) is 15.6. The lowest BCUT2D eigenvalue weighted by atomic mass is 9.81. The van der Waals surface area contributed by atoms with Crippen molar-refractivity contribution in [3.05, 3.63) is 71.8 Å². The number of piperidine rings is 1. The Balaban J connectivity index is 1.28. The van der Waals surface area contributed by atoms with Gasteiger partial charge in [0.15, 0.2) is 0 Å². The summed E-state index contributed by atoms with van der Waals surface area (Å²) in [5.74, 6) is 0.116. The number of likely N-dealkylation sites (tertiary alicyclic amines) is 2. The maximum Gasteiger partial charge on any atom is 0.246 e. The number of amides is 2. The summed E-state index contributed by atoms with van der Waals surface area (Å²) in [6.45, 7) is 5.36. The largest absolute Gasteiger partial charge is 0.345 e. The van der Waals surface area contributed by atoms with Gasteiger partial charge < -0.3 is 10.2 Å². The standard InChI is InChI=1S/C26H32N4O2/c31-24-17-27-25(32)26(12-15-28(16-13-26)18-21-7-3-1-4-8-21)30(24)23-11-14-29(20-23)19-22-9-5-2-6-10-22/h1-10,23H,11-20H2,(H,27,32). The van der Waals surface area contributed by atoms with Crippen molar-refractivity contribution in [2.75, 3.05) is 32.7 Å². The van der Waals surface area contributed by atoms with E-state index >= 15 is 0 Å². The molecule has 5 rings (SSSR count). The van der Waals surface area contributed by atoms with Crippen LogP contribution >= 0.6 is 0 Å². The third-order valence-corrected chi connectivity index (χ3v) is 7.35. The molecular formula is C26H32N4O2. The van der Waals surface area contributed by atoms with Gasteiger partial charge in [-0.3, -0.25) is 19.4 Å². The highest BCUT2D eigenvalue weighted by atomic mass is 16.2. The highest BCUT2D eigenvalue weighted by Crippen LogP contribution is 2.36. The fourth-order valence-electron chi connectivity index (χ4n) is 5.71. The Labute approximate surface area is 190 Å². The summed E-state index contributed by atoms with van der Waals surface area (Å²) < 4.78 is 0. The maximum atomic E-state index is 13.2. The Bertz CT molecular complexity index is 941. The summed E-state index contributed by atoms with van der Waals surface area (Å²) >= 11 is 0. The van der Waals surface area contributed by atoms with Crippen LogP contribution in [0, 0.1) is 0 Å². The van der Waals surface area contributed by atoms with Crippen LogP contribution in [-0.2, 0) is 22.7 Å². The number of carbonyl (C=O) groups is 2. The molecule has 3 aliphatic rings. The monoisotopic (exact) mass is 432 g/mol. The molecule has 0 radical (unpaired) electrons. The highest BCUT2D eigenvalue weighted by molar-refractivity contribution is 5.98. The number of nitrogens with one attached hydrogen (secondary N) is 1. The van der Waals surface area contributed by atoms with Gasteiger partial charge in [0, 0.05) is 45.3 Å². The molecule has 2 aromatic rings. The molecule has 1 unspecified atom stereocenters. The van der Waals surface area contributed by atoms with Crippen LogP contribution in [0.15, 0.2) is 60.7 Å². The van der Waals surface area contributed by atoms with Crippen LogP contribution in [0.4, 0.5) is 0 Å². The molecule has 3 aliphatic heterocycles. The van der Waals surface area contributed by atoms with Crippen molar-refractivity contribution in [2.45, 2.75) is 43.9 Å². The normalized spacial score (nSPS) is 24.1. The summed E-state index contributed by atoms with van der Waals surface area (Å²) in [6, 6.07) is 21.0. The van der Waals surface area contributed by atoms with Gasteiger partial charge in [-0.25, -0.2) is 0 Å². The predicted octanol–water partition coefficient (Wildman–Crippen LogP) is 2.25. The predicted molar refractivity (Wildman–Crippen MR) is 124 cm³/mol. The number of carbonyl (C=O) groups excluding carboxylic acids is 2. The average Bonchev–Trinajstić information content (AvgIpc) is 3.27. The van der Waals surface area contributed by atoms with Crippen molar-refractivity contribution in [3.8, 4) is 0 Å². The first-order valence-corrected chi connectivity index (χ1v) is 11.8. The van der Waals surface area contributed by atoms with Crippen molar-refractivity contribution in [2.24, 2.45) is 0 Å². The van der Waals surface area contributed by atoms with Crippen LogP contribution in [0.2, 0.25) is 0 Å². The zero-order valence-corrected chi connectivity index (χ0v) is 18.6. The minimum absolute atomic E-state index is 0.0398. The van der Waals surface area contributed by atoms with Crippen molar-refractivity contribution >= 4 is 11.8 Å². The van der Waals surface area contributed by atoms with Gasteiger partial charge in [0.25, 0.3) is 0 Å². The van der Waals surface area contributed by atoms with Crippen molar-refractivity contribution < 1.29 is 9.59 Å². The van der Waals surface area contributed by atoms with Gasteiger partial charge in [0.05, 0.1) is 6.54 Å². The minimum atomic E-state index is -0.698. The second-order valence-electron chi connectivity index (χ2n) is 9.40. The van der Waals surface area contributed by atoms with E-state index in [1.54, 1.807) is 0 Å². The van der Waals surface area contributed by atoms with Gasteiger partial charge in [-0.1, -0.05) is 60.7 Å². The van der Waals surface area contributed by atoms with E-state index in [0.717, 1.165) is 45.7 Å². The van der Waals surface area contributed by atoms with Crippen LogP contribution < -0.4 is 5.32 Å². The van der Waals surface area contributed by atoms with Crippen LogP contribution in [0.1, 0.15) is 30.4 Å². The number of benzene rings is 2. The molecule has 168 valence electrons. The number of nitrogens with zero attached hydrogens (tertiary/aromatic N) is 3. The average molecular weight is 433 g/mol. The lowest BCUT2D eigenvalue weighted by Gasteiger charge is -2.52. The van der Waals surface area contributed by atoms with E-state index in [1.165, 1.54) is 11.1 Å². The van der Waals surface area contributed by atoms with Gasteiger partial charge in [0.2, 0.25) is 11.8 Å². The van der Waals surface area contributed by atoms with Gasteiger partial charge in [0.1, 0.15) is 5.54 Å². The molecule has 1 spiro atoms. The molecule has 0 aromatic heterocycles. The summed E-state index contributed by atoms with van der Waals surface area (Å²) in [6.07, 6.45) is 2.33. The first kappa shape index (κ1) is 21.2. The Morgan fingerprint density at radius 3 is 2.03 bits per heavy atom. The van der Waals surface area contributed by atoms with E-state index in [0.29, 0.717) is 12.8 Å². The fraction of sp³-hybridized carbons (Fsp3) is 0.462. The van der Waals surface area contributed by atoms with Crippen LogP contribution in [0.25, 0.3) is 0 Å². The zero-order valence-electron chi connectivity index (χ0n) is 18.6. The Morgan fingerprint density at radius 2 is 1.41 bits per heavy atom. The van der Waals surface area contributed by atoms with E-state index in [9.17, 15) is 9.59 Å². The summed E-state index contributed by atoms with van der Waals surface area (Å²) in [4.78, 5) is 33.1. The van der Waals surface area contributed by atoms with Gasteiger partial charge in [-0.05, 0) is 30.4 Å². The first-order valence-electron chi connectivity index (χ1n) is 11.8. The number of piperazine rings is 1. The molecular weight excluding hydrogens is 400 g/mol. The Hall–Kier alpha value is -2.70. The zero-order chi connectivity index (χ0) is 22.0. The number of rotatable bonds is 5. The SMILES string of the molecule is O=C1CNC(=O)C2(CCN(Cc3ccccc3)CC2)N1C1CCN(Cc2ccccc2)C1. The van der Waals surface area contributed by atoms with Gasteiger partial charge >= 0.3 is 0 Å². The molecule has 3 heterocycles. The number of hydrogen-bond acceptors (Lipinski definition) is 4. The molecule has 3 saturated heterocycles. The second-order valence-corrected chi connectivity index (χ2v) is 9.40. The summed E-state index contributed by atoms with van der Waals surface area (Å²) in [5.41, 5.74) is 1.88. The van der Waals surface area contributed by atoms with Crippen LogP contribution in [0.5, 0.6) is 0 Å². The molecule has 0 aliphatic carbocycles. The molecule has 2 aromatic carbocycles. The van der Waals surface area contributed by atoms with E-state index in [4.69, 9.17) is 0 Å².